The first kappa shape index (κ1) is 24.2. The topological polar surface area (TPSA) is 111 Å². The lowest BCUT2D eigenvalue weighted by molar-refractivity contribution is 0.0850. The van der Waals surface area contributed by atoms with E-state index < -0.39 is 29.4 Å². The first-order valence-electron chi connectivity index (χ1n) is 12.2. The molecule has 3 aromatic rings. The second kappa shape index (κ2) is 9.85. The minimum atomic E-state index is -0.799. The molecule has 2 heterocycles. The highest BCUT2D eigenvalue weighted by Crippen LogP contribution is 2.32. The van der Waals surface area contributed by atoms with Crippen molar-refractivity contribution in [2.24, 2.45) is 7.05 Å². The molecule has 1 aliphatic carbocycles. The molecule has 1 aliphatic heterocycles. The van der Waals surface area contributed by atoms with Crippen LogP contribution in [0.3, 0.4) is 0 Å². The number of aliphatic hydroxyl groups excluding tert-OH is 1. The third-order valence-electron chi connectivity index (χ3n) is 7.19. The van der Waals surface area contributed by atoms with E-state index in [1.54, 1.807) is 0 Å². The molecule has 188 valence electrons. The van der Waals surface area contributed by atoms with Gasteiger partial charge in [-0.25, -0.2) is 4.98 Å². The number of aromatic hydroxyl groups is 1. The number of aliphatic hydroxyl groups is 1. The summed E-state index contributed by atoms with van der Waals surface area (Å²) < 4.78 is 1.24. The van der Waals surface area contributed by atoms with E-state index in [0.717, 1.165) is 49.4 Å². The van der Waals surface area contributed by atoms with Crippen molar-refractivity contribution in [1.29, 1.82) is 0 Å². The Labute approximate surface area is 209 Å². The Morgan fingerprint density at radius 1 is 1.06 bits per heavy atom. The van der Waals surface area contributed by atoms with Crippen LogP contribution in [0, 0.1) is 0 Å². The molecule has 2 atom stereocenters. The van der Waals surface area contributed by atoms with E-state index in [-0.39, 0.29) is 11.5 Å². The van der Waals surface area contributed by atoms with Gasteiger partial charge in [-0.3, -0.25) is 19.1 Å². The van der Waals surface area contributed by atoms with Crippen LogP contribution in [0.1, 0.15) is 33.2 Å². The Morgan fingerprint density at radius 3 is 2.47 bits per heavy atom. The summed E-state index contributed by atoms with van der Waals surface area (Å²) in [7, 11) is 3.64. The first-order chi connectivity index (χ1) is 17.3. The fourth-order valence-corrected chi connectivity index (χ4v) is 4.99. The van der Waals surface area contributed by atoms with Crippen molar-refractivity contribution in [3.05, 3.63) is 81.3 Å². The van der Waals surface area contributed by atoms with E-state index in [1.165, 1.54) is 11.6 Å². The minimum Gasteiger partial charge on any atom is -0.501 e. The van der Waals surface area contributed by atoms with Crippen LogP contribution in [0.5, 0.6) is 5.75 Å². The molecule has 0 bridgehead atoms. The average Bonchev–Trinajstić information content (AvgIpc) is 3.19. The molecule has 36 heavy (non-hydrogen) atoms. The summed E-state index contributed by atoms with van der Waals surface area (Å²) in [5, 5.41) is 23.7. The van der Waals surface area contributed by atoms with Gasteiger partial charge in [-0.05, 0) is 23.7 Å². The van der Waals surface area contributed by atoms with Crippen LogP contribution in [0.15, 0.2) is 53.3 Å². The van der Waals surface area contributed by atoms with Crippen molar-refractivity contribution in [3.8, 4) is 17.1 Å². The molecule has 3 N–H and O–H groups in total. The van der Waals surface area contributed by atoms with E-state index in [4.69, 9.17) is 0 Å². The fourth-order valence-electron chi connectivity index (χ4n) is 4.99. The van der Waals surface area contributed by atoms with Crippen molar-refractivity contribution in [1.82, 2.24) is 24.7 Å². The van der Waals surface area contributed by atoms with Crippen molar-refractivity contribution in [3.63, 3.8) is 0 Å². The fraction of sp³-hybridized carbons (Fsp3) is 0.370. The van der Waals surface area contributed by atoms with Gasteiger partial charge < -0.3 is 20.4 Å². The van der Waals surface area contributed by atoms with E-state index in [9.17, 15) is 19.8 Å². The third kappa shape index (κ3) is 4.65. The number of hydrogen-bond donors (Lipinski definition) is 3. The number of piperazine rings is 1. The molecule has 5 rings (SSSR count). The van der Waals surface area contributed by atoms with Gasteiger partial charge in [-0.15, -0.1) is 0 Å². The molecule has 1 aromatic heterocycles. The summed E-state index contributed by atoms with van der Waals surface area (Å²) in [5.74, 6) is -1.15. The maximum Gasteiger partial charge on any atom is 0.296 e. The summed E-state index contributed by atoms with van der Waals surface area (Å²) in [6.07, 6.45) is -0.379. The molecule has 9 heteroatoms. The quantitative estimate of drug-likeness (QED) is 0.495. The lowest BCUT2D eigenvalue weighted by Crippen LogP contribution is -2.43. The van der Waals surface area contributed by atoms with Gasteiger partial charge >= 0.3 is 0 Å². The maximum absolute atomic E-state index is 13.1. The zero-order chi connectivity index (χ0) is 25.4. The first-order valence-corrected chi connectivity index (χ1v) is 12.2. The Bertz CT molecular complexity index is 1330. The number of nitrogens with one attached hydrogen (secondary N) is 1. The van der Waals surface area contributed by atoms with Gasteiger partial charge in [-0.1, -0.05) is 48.5 Å². The van der Waals surface area contributed by atoms with Crippen LogP contribution < -0.4 is 10.9 Å². The van der Waals surface area contributed by atoms with Crippen molar-refractivity contribution < 1.29 is 15.0 Å². The molecular weight excluding hydrogens is 458 g/mol. The molecule has 2 aromatic carbocycles. The van der Waals surface area contributed by atoms with E-state index >= 15 is 0 Å². The van der Waals surface area contributed by atoms with E-state index in [0.29, 0.717) is 12.0 Å². The number of benzene rings is 2. The maximum atomic E-state index is 13.1. The molecule has 0 radical (unpaired) electrons. The number of rotatable bonds is 5. The minimum absolute atomic E-state index is 0.279. The zero-order valence-electron chi connectivity index (χ0n) is 20.5. The Balaban J connectivity index is 1.38. The highest BCUT2D eigenvalue weighted by molar-refractivity contribution is 5.95. The zero-order valence-corrected chi connectivity index (χ0v) is 20.5. The molecule has 0 saturated carbocycles. The van der Waals surface area contributed by atoms with Gasteiger partial charge in [0.1, 0.15) is 5.82 Å². The number of likely N-dealkylation sites (N-methyl/N-ethyl adjacent to an activating group) is 1. The highest BCUT2D eigenvalue weighted by Gasteiger charge is 2.33. The summed E-state index contributed by atoms with van der Waals surface area (Å²) >= 11 is 0. The highest BCUT2D eigenvalue weighted by atomic mass is 16.3. The summed E-state index contributed by atoms with van der Waals surface area (Å²) in [6.45, 7) is 4.97. The van der Waals surface area contributed by atoms with Crippen LogP contribution in [0.4, 0.5) is 0 Å². The number of carbonyl (C=O) groups is 1. The normalized spacial score (nSPS) is 20.3. The van der Waals surface area contributed by atoms with Crippen molar-refractivity contribution in [2.45, 2.75) is 25.1 Å². The van der Waals surface area contributed by atoms with Gasteiger partial charge in [-0.2, -0.15) is 0 Å². The summed E-state index contributed by atoms with van der Waals surface area (Å²) in [6, 6.07) is 14.6. The molecule has 1 unspecified atom stereocenters. The standard InChI is InChI=1S/C27H31N5O4/c1-30-11-13-32(14-12-30)16-17-7-9-18(10-8-17)25-28-23(24(34)27(36)31(25)2)26(35)29-22-20-6-4-3-5-19(20)15-21(22)33/h3-10,21-22,33-34H,11-16H2,1-2H3,(H,29,35)/t21-,22?/m0/s1. The molecule has 2 aliphatic rings. The van der Waals surface area contributed by atoms with Gasteiger partial charge in [0.25, 0.3) is 11.5 Å². The Kier molecular flexibility index (Phi) is 6.61. The number of aromatic nitrogens is 2. The van der Waals surface area contributed by atoms with Gasteiger partial charge in [0.15, 0.2) is 5.69 Å². The number of carbonyl (C=O) groups excluding carboxylic acids is 1. The third-order valence-corrected chi connectivity index (χ3v) is 7.19. The number of amides is 1. The van der Waals surface area contributed by atoms with E-state index in [1.807, 2.05) is 48.5 Å². The molecule has 1 saturated heterocycles. The molecule has 1 amide bonds. The van der Waals surface area contributed by atoms with Crippen LogP contribution >= 0.6 is 0 Å². The number of hydrogen-bond acceptors (Lipinski definition) is 7. The second-order valence-corrected chi connectivity index (χ2v) is 9.69. The predicted octanol–water partition coefficient (Wildman–Crippen LogP) is 1.29. The van der Waals surface area contributed by atoms with Gasteiger partial charge in [0.05, 0.1) is 12.1 Å². The molecule has 9 nitrogen and oxygen atoms in total. The van der Waals surface area contributed by atoms with Crippen molar-refractivity contribution >= 4 is 5.91 Å². The lowest BCUT2D eigenvalue weighted by atomic mass is 10.1. The van der Waals surface area contributed by atoms with Gasteiger partial charge in [0, 0.05) is 51.8 Å². The monoisotopic (exact) mass is 489 g/mol. The summed E-state index contributed by atoms with van der Waals surface area (Å²) in [4.78, 5) is 35.0. The van der Waals surface area contributed by atoms with Crippen LogP contribution in [-0.4, -0.2) is 74.8 Å². The smallest absolute Gasteiger partial charge is 0.296 e. The Hall–Kier alpha value is -3.53. The SMILES string of the molecule is CN1CCN(Cc2ccc(-c3nc(C(=O)NC4c5ccccc5C[C@@H]4O)c(O)c(=O)n3C)cc2)CC1. The van der Waals surface area contributed by atoms with Crippen molar-refractivity contribution in [2.75, 3.05) is 33.2 Å². The van der Waals surface area contributed by atoms with Crippen LogP contribution in [0.25, 0.3) is 11.4 Å². The largest absolute Gasteiger partial charge is 0.501 e. The molecular formula is C27H31N5O4. The second-order valence-electron chi connectivity index (χ2n) is 9.69. The number of fused-ring (bicyclic) bond motifs is 1. The molecule has 0 spiro atoms. The van der Waals surface area contributed by atoms with E-state index in [2.05, 4.69) is 27.1 Å². The Morgan fingerprint density at radius 2 is 1.75 bits per heavy atom. The lowest BCUT2D eigenvalue weighted by Gasteiger charge is -2.32. The predicted molar refractivity (Wildman–Crippen MR) is 136 cm³/mol. The average molecular weight is 490 g/mol. The van der Waals surface area contributed by atoms with Gasteiger partial charge in [0.2, 0.25) is 5.75 Å². The number of nitrogens with zero attached hydrogens (tertiary/aromatic N) is 4. The van der Waals surface area contributed by atoms with Crippen LogP contribution in [0.2, 0.25) is 0 Å². The summed E-state index contributed by atoms with van der Waals surface area (Å²) in [5.41, 5.74) is 2.52. The molecule has 1 fully saturated rings. The van der Waals surface area contributed by atoms with Crippen LogP contribution in [-0.2, 0) is 20.0 Å².